The third-order valence-corrected chi connectivity index (χ3v) is 14.0. The molecule has 0 fully saturated rings. The molecule has 1 heterocycles. The van der Waals surface area contributed by atoms with Gasteiger partial charge in [0.05, 0.1) is 5.41 Å². The number of hydrogen-bond donors (Lipinski definition) is 1. The molecule has 11 aromatic carbocycles. The highest BCUT2D eigenvalue weighted by atomic mass is 16.3. The van der Waals surface area contributed by atoms with E-state index < -0.39 is 0 Å². The Hall–Kier alpha value is -8.72. The maximum Gasteiger partial charge on any atom is 0.136 e. The number of hydrogen-bond acceptors (Lipinski definition) is 2. The smallest absolute Gasteiger partial charge is 0.136 e. The lowest BCUT2D eigenvalue weighted by Crippen LogP contribution is -2.26. The molecule has 2 aliphatic carbocycles. The van der Waals surface area contributed by atoms with Gasteiger partial charge in [-0.05, 0) is 113 Å². The van der Waals surface area contributed by atoms with Gasteiger partial charge in [0.2, 0.25) is 0 Å². The third-order valence-electron chi connectivity index (χ3n) is 14.0. The van der Waals surface area contributed by atoms with Crippen LogP contribution in [0.15, 0.2) is 259 Å². The van der Waals surface area contributed by atoms with Gasteiger partial charge in [-0.25, -0.2) is 0 Å². The van der Waals surface area contributed by atoms with E-state index in [4.69, 9.17) is 4.42 Å². The van der Waals surface area contributed by atoms with Crippen molar-refractivity contribution in [3.8, 4) is 55.6 Å². The number of rotatable bonds is 5. The second kappa shape index (κ2) is 15.8. The van der Waals surface area contributed by atoms with Gasteiger partial charge in [-0.3, -0.25) is 0 Å². The summed E-state index contributed by atoms with van der Waals surface area (Å²) in [5.74, 6) is 0. The van der Waals surface area contributed by atoms with Crippen LogP contribution < -0.4 is 5.32 Å². The number of nitrogens with one attached hydrogen (secondary N) is 1. The summed E-state index contributed by atoms with van der Waals surface area (Å²) in [5.41, 5.74) is 22.0. The van der Waals surface area contributed by atoms with E-state index in [1.54, 1.807) is 0 Å². The Morgan fingerprint density at radius 1 is 0.299 bits per heavy atom. The molecular formula is C65H43NO. The lowest BCUT2D eigenvalue weighted by molar-refractivity contribution is 0.669. The van der Waals surface area contributed by atoms with Crippen LogP contribution in [0.1, 0.15) is 22.3 Å². The zero-order chi connectivity index (χ0) is 44.3. The molecule has 12 aromatic rings. The van der Waals surface area contributed by atoms with Crippen LogP contribution in [0, 0.1) is 0 Å². The van der Waals surface area contributed by atoms with Gasteiger partial charge in [-0.2, -0.15) is 0 Å². The van der Waals surface area contributed by atoms with Crippen LogP contribution in [-0.2, 0) is 5.41 Å². The van der Waals surface area contributed by atoms with Crippen molar-refractivity contribution in [1.29, 1.82) is 0 Å². The van der Waals surface area contributed by atoms with E-state index in [0.717, 1.165) is 33.3 Å². The second-order valence-corrected chi connectivity index (χ2v) is 17.5. The average molecular weight is 854 g/mol. The molecule has 0 unspecified atom stereocenters. The molecular weight excluding hydrogens is 811 g/mol. The summed E-state index contributed by atoms with van der Waals surface area (Å²) in [6, 6.07) is 91.3. The number of para-hydroxylation sites is 2. The molecule has 14 rings (SSSR count). The molecule has 1 spiro atoms. The summed E-state index contributed by atoms with van der Waals surface area (Å²) in [6.45, 7) is 0. The van der Waals surface area contributed by atoms with Crippen molar-refractivity contribution < 1.29 is 4.42 Å². The molecule has 0 radical (unpaired) electrons. The molecule has 0 saturated carbocycles. The first kappa shape index (κ1) is 38.7. The Morgan fingerprint density at radius 2 is 0.776 bits per heavy atom. The summed E-state index contributed by atoms with van der Waals surface area (Å²) < 4.78 is 6.09. The molecule has 2 aliphatic rings. The largest absolute Gasteiger partial charge is 0.456 e. The molecule has 0 bridgehead atoms. The van der Waals surface area contributed by atoms with Crippen LogP contribution in [0.2, 0.25) is 0 Å². The molecule has 2 nitrogen and oxygen atoms in total. The molecule has 1 aromatic heterocycles. The summed E-state index contributed by atoms with van der Waals surface area (Å²) in [5, 5.41) is 8.47. The topological polar surface area (TPSA) is 25.2 Å². The van der Waals surface area contributed by atoms with E-state index in [9.17, 15) is 0 Å². The fourth-order valence-corrected chi connectivity index (χ4v) is 11.2. The molecule has 0 saturated heterocycles. The highest BCUT2D eigenvalue weighted by Crippen LogP contribution is 2.64. The van der Waals surface area contributed by atoms with E-state index >= 15 is 0 Å². The predicted octanol–water partition coefficient (Wildman–Crippen LogP) is 17.5. The lowest BCUT2D eigenvalue weighted by Gasteiger charge is -2.32. The fraction of sp³-hybridized carbons (Fsp3) is 0.0154. The van der Waals surface area contributed by atoms with Crippen LogP contribution >= 0.6 is 0 Å². The Bertz CT molecular complexity index is 3770. The van der Waals surface area contributed by atoms with Gasteiger partial charge in [0.25, 0.3) is 0 Å². The zero-order valence-corrected chi connectivity index (χ0v) is 36.7. The first-order valence-electron chi connectivity index (χ1n) is 23.1. The van der Waals surface area contributed by atoms with Crippen molar-refractivity contribution in [2.24, 2.45) is 0 Å². The minimum absolute atomic E-state index is 0.286. The summed E-state index contributed by atoms with van der Waals surface area (Å²) >= 11 is 0. The number of anilines is 2. The van der Waals surface area contributed by atoms with Gasteiger partial charge in [-0.15, -0.1) is 0 Å². The van der Waals surface area contributed by atoms with Crippen LogP contribution in [0.3, 0.4) is 0 Å². The van der Waals surface area contributed by atoms with Crippen LogP contribution in [-0.4, -0.2) is 0 Å². The molecule has 0 atom stereocenters. The molecule has 2 heteroatoms. The van der Waals surface area contributed by atoms with E-state index in [0.29, 0.717) is 0 Å². The molecule has 0 aliphatic heterocycles. The number of furan rings is 1. The Kier molecular flexibility index (Phi) is 9.11. The van der Waals surface area contributed by atoms with E-state index in [-0.39, 0.29) is 5.41 Å². The van der Waals surface area contributed by atoms with Gasteiger partial charge < -0.3 is 9.73 Å². The lowest BCUT2D eigenvalue weighted by atomic mass is 9.68. The van der Waals surface area contributed by atoms with Crippen LogP contribution in [0.4, 0.5) is 11.4 Å². The van der Waals surface area contributed by atoms with Crippen molar-refractivity contribution in [1.82, 2.24) is 0 Å². The van der Waals surface area contributed by atoms with Crippen molar-refractivity contribution in [2.75, 3.05) is 5.32 Å². The van der Waals surface area contributed by atoms with E-state index in [1.807, 2.05) is 18.2 Å². The minimum Gasteiger partial charge on any atom is -0.456 e. The van der Waals surface area contributed by atoms with Crippen LogP contribution in [0.5, 0.6) is 0 Å². The summed E-state index contributed by atoms with van der Waals surface area (Å²) in [7, 11) is 0. The molecule has 0 amide bonds. The van der Waals surface area contributed by atoms with Gasteiger partial charge in [-0.1, -0.05) is 224 Å². The highest BCUT2D eigenvalue weighted by Gasteiger charge is 2.52. The minimum atomic E-state index is -0.286. The van der Waals surface area contributed by atoms with Crippen LogP contribution in [0.25, 0.3) is 88.3 Å². The third kappa shape index (κ3) is 6.11. The van der Waals surface area contributed by atoms with Crippen molar-refractivity contribution in [3.63, 3.8) is 0 Å². The quantitative estimate of drug-likeness (QED) is 0.187. The average Bonchev–Trinajstić information content (AvgIpc) is 4.04. The Balaban J connectivity index is 0.000000134. The monoisotopic (exact) mass is 853 g/mol. The molecule has 67 heavy (non-hydrogen) atoms. The van der Waals surface area contributed by atoms with Gasteiger partial charge >= 0.3 is 0 Å². The summed E-state index contributed by atoms with van der Waals surface area (Å²) in [6.07, 6.45) is 0. The van der Waals surface area contributed by atoms with Crippen molar-refractivity contribution >= 4 is 44.1 Å². The normalized spacial score (nSPS) is 12.6. The first-order valence-corrected chi connectivity index (χ1v) is 23.1. The van der Waals surface area contributed by atoms with Crippen molar-refractivity contribution in [2.45, 2.75) is 5.41 Å². The maximum absolute atomic E-state index is 6.09. The maximum atomic E-state index is 6.09. The number of benzene rings is 11. The standard InChI is InChI=1S/C34H23NO.C31H20/c1-2-11-26-23(9-1)10-7-15-28(26)29-12-3-5-16-31(29)35-25-21-19-24(20-22-25)27-14-8-18-33-34(27)30-13-4-6-17-32(30)36-33;1-2-11-21(12-3-1)22-16-10-17-26-25-15-6-9-20-29(25)31(30(22)26)27-18-7-4-13-23(27)24-14-5-8-19-28(24)31/h1-22,35H;1-20H. The van der Waals surface area contributed by atoms with Gasteiger partial charge in [0.15, 0.2) is 0 Å². The van der Waals surface area contributed by atoms with Crippen molar-refractivity contribution in [3.05, 3.63) is 277 Å². The first-order chi connectivity index (χ1) is 33.3. The second-order valence-electron chi connectivity index (χ2n) is 17.5. The molecule has 1 N–H and O–H groups in total. The number of fused-ring (bicyclic) bond motifs is 14. The Labute approximate surface area is 390 Å². The zero-order valence-electron chi connectivity index (χ0n) is 36.7. The highest BCUT2D eigenvalue weighted by molar-refractivity contribution is 6.12. The molecule has 314 valence electrons. The SMILES string of the molecule is c1ccc(-c2cccc3c2C2(c4ccccc4-c4ccccc42)c2ccccc2-3)cc1.c1ccc(-c2cccc3ccccc23)c(Nc2ccc(-c3cccc4oc5ccccc5c34)cc2)c1. The summed E-state index contributed by atoms with van der Waals surface area (Å²) in [4.78, 5) is 0. The Morgan fingerprint density at radius 3 is 1.52 bits per heavy atom. The van der Waals surface area contributed by atoms with Gasteiger partial charge in [0, 0.05) is 27.7 Å². The fourth-order valence-electron chi connectivity index (χ4n) is 11.2. The van der Waals surface area contributed by atoms with E-state index in [2.05, 4.69) is 242 Å². The van der Waals surface area contributed by atoms with E-state index in [1.165, 1.54) is 88.7 Å². The predicted molar refractivity (Wildman–Crippen MR) is 280 cm³/mol. The van der Waals surface area contributed by atoms with Gasteiger partial charge in [0.1, 0.15) is 11.2 Å².